The van der Waals surface area contributed by atoms with Crippen LogP contribution in [0.5, 0.6) is 0 Å². The molecule has 74 valence electrons. The normalized spacial score (nSPS) is 11.5. The Morgan fingerprint density at radius 2 is 1.93 bits per heavy atom. The quantitative estimate of drug-likeness (QED) is 0.723. The van der Waals surface area contributed by atoms with Gasteiger partial charge in [0.15, 0.2) is 0 Å². The van der Waals surface area contributed by atoms with Gasteiger partial charge in [0.2, 0.25) is 0 Å². The van der Waals surface area contributed by atoms with E-state index in [-0.39, 0.29) is 6.61 Å². The number of benzene rings is 1. The molecule has 0 aromatic heterocycles. The van der Waals surface area contributed by atoms with Crippen LogP contribution in [0.2, 0.25) is 0 Å². The Balaban J connectivity index is 2.85. The van der Waals surface area contributed by atoms with E-state index in [1.54, 1.807) is 0 Å². The first kappa shape index (κ1) is 10.7. The number of rotatable bonds is 3. The molecular weight excluding hydrogens is 172 g/mol. The maximum Gasteiger partial charge on any atom is 0.0642 e. The molecule has 0 fully saturated rings. The molecule has 1 rings (SSSR count). The molecule has 1 heteroatoms. The predicted molar refractivity (Wildman–Crippen MR) is 61.1 cm³/mol. The van der Waals surface area contributed by atoms with Crippen molar-refractivity contribution in [1.29, 1.82) is 0 Å². The van der Waals surface area contributed by atoms with Crippen molar-refractivity contribution in [2.75, 3.05) is 6.61 Å². The number of aryl methyl sites for hydroxylation is 1. The minimum absolute atomic E-state index is 0.0882. The van der Waals surface area contributed by atoms with E-state index in [1.807, 2.05) is 25.1 Å². The summed E-state index contributed by atoms with van der Waals surface area (Å²) in [7, 11) is 0. The maximum atomic E-state index is 8.87. The van der Waals surface area contributed by atoms with Gasteiger partial charge in [0.05, 0.1) is 6.61 Å². The van der Waals surface area contributed by atoms with Crippen molar-refractivity contribution in [2.24, 2.45) is 0 Å². The lowest BCUT2D eigenvalue weighted by molar-refractivity contribution is 0.331. The molecule has 0 atom stereocenters. The van der Waals surface area contributed by atoms with Crippen molar-refractivity contribution < 1.29 is 5.11 Å². The maximum absolute atomic E-state index is 8.87. The van der Waals surface area contributed by atoms with E-state index in [0.29, 0.717) is 0 Å². The first-order chi connectivity index (χ1) is 6.63. The van der Waals surface area contributed by atoms with Crippen LogP contribution >= 0.6 is 0 Å². The molecule has 0 aliphatic heterocycles. The zero-order valence-corrected chi connectivity index (χ0v) is 8.75. The third-order valence-corrected chi connectivity index (χ3v) is 2.09. The zero-order valence-electron chi connectivity index (χ0n) is 8.75. The third-order valence-electron chi connectivity index (χ3n) is 2.09. The van der Waals surface area contributed by atoms with Crippen LogP contribution < -0.4 is 0 Å². The fraction of sp³-hybridized carbons (Fsp3) is 0.231. The highest BCUT2D eigenvalue weighted by Gasteiger charge is 1.95. The second-order valence-corrected chi connectivity index (χ2v) is 3.54. The van der Waals surface area contributed by atoms with E-state index in [9.17, 15) is 0 Å². The molecule has 0 bridgehead atoms. The largest absolute Gasteiger partial charge is 0.392 e. The number of hydrogen-bond acceptors (Lipinski definition) is 1. The van der Waals surface area contributed by atoms with E-state index in [2.05, 4.69) is 25.6 Å². The zero-order chi connectivity index (χ0) is 10.6. The van der Waals surface area contributed by atoms with Gasteiger partial charge in [-0.2, -0.15) is 0 Å². The molecule has 0 amide bonds. The van der Waals surface area contributed by atoms with Gasteiger partial charge in [-0.25, -0.2) is 0 Å². The van der Waals surface area contributed by atoms with Gasteiger partial charge in [-0.05, 0) is 30.6 Å². The van der Waals surface area contributed by atoms with Crippen molar-refractivity contribution >= 4 is 5.57 Å². The van der Waals surface area contributed by atoms with Crippen LogP contribution in [0, 0.1) is 6.92 Å². The molecule has 1 aromatic rings. The summed E-state index contributed by atoms with van der Waals surface area (Å²) in [6.07, 6.45) is 1.91. The third kappa shape index (κ3) is 2.86. The second-order valence-electron chi connectivity index (χ2n) is 3.54. The summed E-state index contributed by atoms with van der Waals surface area (Å²) in [6, 6.07) is 8.20. The number of aliphatic hydroxyl groups is 1. The van der Waals surface area contributed by atoms with Gasteiger partial charge in [0, 0.05) is 0 Å². The predicted octanol–water partition coefficient (Wildman–Crippen LogP) is 2.95. The fourth-order valence-corrected chi connectivity index (χ4v) is 1.19. The standard InChI is InChI=1S/C13H16O/c1-10-4-6-13(7-5-10)12(3)8-11(2)9-14/h4-8,14H,3,9H2,1-2H3. The van der Waals surface area contributed by atoms with Crippen molar-refractivity contribution in [1.82, 2.24) is 0 Å². The molecule has 0 saturated carbocycles. The summed E-state index contributed by atoms with van der Waals surface area (Å²) < 4.78 is 0. The Kier molecular flexibility index (Phi) is 3.66. The average molecular weight is 188 g/mol. The highest BCUT2D eigenvalue weighted by Crippen LogP contribution is 2.15. The summed E-state index contributed by atoms with van der Waals surface area (Å²) >= 11 is 0. The summed E-state index contributed by atoms with van der Waals surface area (Å²) in [5.41, 5.74) is 4.21. The smallest absolute Gasteiger partial charge is 0.0642 e. The summed E-state index contributed by atoms with van der Waals surface area (Å²) in [4.78, 5) is 0. The Morgan fingerprint density at radius 1 is 1.36 bits per heavy atom. The molecular formula is C13H16O. The SMILES string of the molecule is C=C(C=C(C)CO)c1ccc(C)cc1. The van der Waals surface area contributed by atoms with Gasteiger partial charge in [0.1, 0.15) is 0 Å². The molecule has 0 aliphatic rings. The van der Waals surface area contributed by atoms with Crippen LogP contribution in [0.1, 0.15) is 18.1 Å². The lowest BCUT2D eigenvalue weighted by Crippen LogP contribution is -1.86. The van der Waals surface area contributed by atoms with E-state index < -0.39 is 0 Å². The lowest BCUT2D eigenvalue weighted by atomic mass is 10.0. The van der Waals surface area contributed by atoms with Gasteiger partial charge in [-0.3, -0.25) is 0 Å². The van der Waals surface area contributed by atoms with E-state index >= 15 is 0 Å². The molecule has 1 nitrogen and oxygen atoms in total. The molecule has 0 saturated heterocycles. The van der Waals surface area contributed by atoms with Crippen LogP contribution in [0.3, 0.4) is 0 Å². The van der Waals surface area contributed by atoms with Crippen LogP contribution in [0.25, 0.3) is 5.57 Å². The van der Waals surface area contributed by atoms with Crippen molar-refractivity contribution in [3.8, 4) is 0 Å². The van der Waals surface area contributed by atoms with Crippen molar-refractivity contribution in [3.05, 3.63) is 53.6 Å². The van der Waals surface area contributed by atoms with Gasteiger partial charge >= 0.3 is 0 Å². The number of allylic oxidation sites excluding steroid dienone is 2. The molecule has 1 N–H and O–H groups in total. The topological polar surface area (TPSA) is 20.2 Å². The van der Waals surface area contributed by atoms with Crippen LogP contribution in [-0.4, -0.2) is 11.7 Å². The fourth-order valence-electron chi connectivity index (χ4n) is 1.19. The highest BCUT2D eigenvalue weighted by molar-refractivity contribution is 5.72. The molecule has 0 unspecified atom stereocenters. The van der Waals surface area contributed by atoms with Gasteiger partial charge in [-0.15, -0.1) is 0 Å². The van der Waals surface area contributed by atoms with Gasteiger partial charge in [-0.1, -0.05) is 42.5 Å². The highest BCUT2D eigenvalue weighted by atomic mass is 16.3. The number of hydrogen-bond donors (Lipinski definition) is 1. The minimum atomic E-state index is 0.0882. The average Bonchev–Trinajstić information content (AvgIpc) is 2.18. The number of aliphatic hydroxyl groups excluding tert-OH is 1. The van der Waals surface area contributed by atoms with Crippen molar-refractivity contribution in [3.63, 3.8) is 0 Å². The molecule has 0 radical (unpaired) electrons. The first-order valence-electron chi connectivity index (χ1n) is 4.67. The van der Waals surface area contributed by atoms with E-state index in [0.717, 1.165) is 16.7 Å². The summed E-state index contributed by atoms with van der Waals surface area (Å²) in [6.45, 7) is 7.99. The Bertz CT molecular complexity index is 344. The molecule has 1 aromatic carbocycles. The van der Waals surface area contributed by atoms with Crippen LogP contribution in [-0.2, 0) is 0 Å². The van der Waals surface area contributed by atoms with E-state index in [1.165, 1.54) is 5.56 Å². The molecule has 0 spiro atoms. The Morgan fingerprint density at radius 3 is 2.43 bits per heavy atom. The van der Waals surface area contributed by atoms with Crippen molar-refractivity contribution in [2.45, 2.75) is 13.8 Å². The first-order valence-corrected chi connectivity index (χ1v) is 4.67. The minimum Gasteiger partial charge on any atom is -0.392 e. The van der Waals surface area contributed by atoms with E-state index in [4.69, 9.17) is 5.11 Å². The van der Waals surface area contributed by atoms with Gasteiger partial charge in [0.25, 0.3) is 0 Å². The second kappa shape index (κ2) is 4.77. The van der Waals surface area contributed by atoms with Crippen LogP contribution in [0.4, 0.5) is 0 Å². The summed E-state index contributed by atoms with van der Waals surface area (Å²) in [5, 5.41) is 8.87. The molecule has 0 heterocycles. The lowest BCUT2D eigenvalue weighted by Gasteiger charge is -2.02. The monoisotopic (exact) mass is 188 g/mol. The summed E-state index contributed by atoms with van der Waals surface area (Å²) in [5.74, 6) is 0. The molecule has 14 heavy (non-hydrogen) atoms. The van der Waals surface area contributed by atoms with Crippen LogP contribution in [0.15, 0.2) is 42.5 Å². The molecule has 0 aliphatic carbocycles. The Labute approximate surface area is 85.4 Å². The van der Waals surface area contributed by atoms with Gasteiger partial charge < -0.3 is 5.11 Å². The Hall–Kier alpha value is -1.34.